The van der Waals surface area contributed by atoms with Gasteiger partial charge in [0.15, 0.2) is 0 Å². The fraction of sp³-hybridized carbons (Fsp3) is 0. The molecule has 3 aromatic rings. The van der Waals surface area contributed by atoms with Gasteiger partial charge in [-0.2, -0.15) is 5.26 Å². The number of fused-ring (bicyclic) bond motifs is 1. The minimum atomic E-state index is -0.242. The quantitative estimate of drug-likeness (QED) is 0.548. The highest BCUT2D eigenvalue weighted by molar-refractivity contribution is 8.00. The van der Waals surface area contributed by atoms with Gasteiger partial charge in [0, 0.05) is 29.7 Å². The maximum atomic E-state index is 11.0. The minimum absolute atomic E-state index is 0.242. The Balaban J connectivity index is 1.91. The van der Waals surface area contributed by atoms with E-state index in [2.05, 4.69) is 25.7 Å². The molecule has 2 aromatic heterocycles. The second-order valence-electron chi connectivity index (χ2n) is 3.85. The third kappa shape index (κ3) is 2.09. The van der Waals surface area contributed by atoms with E-state index < -0.39 is 0 Å². The first-order valence-corrected chi connectivity index (χ1v) is 6.30. The van der Waals surface area contributed by atoms with E-state index in [0.717, 1.165) is 16.6 Å². The van der Waals surface area contributed by atoms with Crippen molar-refractivity contribution in [2.24, 2.45) is 0 Å². The lowest BCUT2D eigenvalue weighted by atomic mass is 10.2. The molecule has 7 heteroatoms. The van der Waals surface area contributed by atoms with Crippen molar-refractivity contribution in [3.05, 3.63) is 46.6 Å². The van der Waals surface area contributed by atoms with Crippen molar-refractivity contribution < 1.29 is 0 Å². The van der Waals surface area contributed by atoms with E-state index in [1.807, 2.05) is 18.2 Å². The molecule has 0 saturated carbocycles. The van der Waals surface area contributed by atoms with Crippen LogP contribution in [0.3, 0.4) is 0 Å². The summed E-state index contributed by atoms with van der Waals surface area (Å²) in [5.74, 6) is 0. The second kappa shape index (κ2) is 4.59. The molecule has 0 atom stereocenters. The van der Waals surface area contributed by atoms with Gasteiger partial charge in [0.05, 0.1) is 16.8 Å². The Kier molecular flexibility index (Phi) is 2.78. The topological polar surface area (TPSA) is 100 Å². The Labute approximate surface area is 112 Å². The molecule has 94 valence electrons. The van der Waals surface area contributed by atoms with Gasteiger partial charge in [0.25, 0.3) is 0 Å². The van der Waals surface area contributed by atoms with E-state index in [1.165, 1.54) is 11.9 Å². The van der Waals surface area contributed by atoms with Crippen LogP contribution in [0.4, 0.5) is 5.69 Å². The smallest absolute Gasteiger partial charge is 0.323 e. The van der Waals surface area contributed by atoms with Crippen molar-refractivity contribution in [1.82, 2.24) is 15.0 Å². The third-order valence-electron chi connectivity index (χ3n) is 2.68. The van der Waals surface area contributed by atoms with Gasteiger partial charge in [-0.25, -0.2) is 4.79 Å². The number of benzene rings is 1. The molecule has 0 aliphatic heterocycles. The fourth-order valence-electron chi connectivity index (χ4n) is 1.81. The molecule has 0 unspecified atom stereocenters. The van der Waals surface area contributed by atoms with E-state index in [9.17, 15) is 4.79 Å². The zero-order chi connectivity index (χ0) is 13.2. The number of hydrogen-bond acceptors (Lipinski definition) is 4. The molecule has 3 rings (SSSR count). The SMILES string of the molecule is N#Cc1c[nH]c2c(NSc3c[nH]c(=O)[nH]3)cccc12. The number of para-hydroxylation sites is 1. The second-order valence-corrected chi connectivity index (χ2v) is 4.70. The largest absolute Gasteiger partial charge is 0.358 e. The highest BCUT2D eigenvalue weighted by Crippen LogP contribution is 2.28. The number of aromatic nitrogens is 3. The average molecular weight is 271 g/mol. The average Bonchev–Trinajstić information content (AvgIpc) is 3.02. The molecule has 0 amide bonds. The van der Waals surface area contributed by atoms with Crippen LogP contribution >= 0.6 is 11.9 Å². The molecule has 0 aliphatic carbocycles. The van der Waals surface area contributed by atoms with Crippen LogP contribution in [-0.4, -0.2) is 15.0 Å². The van der Waals surface area contributed by atoms with Gasteiger partial charge >= 0.3 is 5.69 Å². The molecule has 6 nitrogen and oxygen atoms in total. The zero-order valence-corrected chi connectivity index (χ0v) is 10.5. The molecule has 0 saturated heterocycles. The highest BCUT2D eigenvalue weighted by atomic mass is 32.2. The van der Waals surface area contributed by atoms with Crippen molar-refractivity contribution in [1.29, 1.82) is 5.26 Å². The van der Waals surface area contributed by atoms with Crippen LogP contribution in [0.1, 0.15) is 5.56 Å². The van der Waals surface area contributed by atoms with Gasteiger partial charge in [-0.05, 0) is 6.07 Å². The summed E-state index contributed by atoms with van der Waals surface area (Å²) in [5.41, 5.74) is 2.09. The molecule has 0 fully saturated rings. The molecule has 1 aromatic carbocycles. The Hall–Kier alpha value is -2.59. The van der Waals surface area contributed by atoms with Crippen LogP contribution in [0.5, 0.6) is 0 Å². The van der Waals surface area contributed by atoms with E-state index in [-0.39, 0.29) is 5.69 Å². The molecule has 0 spiro atoms. The molecular formula is C12H9N5OS. The van der Waals surface area contributed by atoms with Crippen molar-refractivity contribution >= 4 is 28.5 Å². The number of H-pyrrole nitrogens is 3. The van der Waals surface area contributed by atoms with Gasteiger partial charge in [-0.3, -0.25) is 4.98 Å². The van der Waals surface area contributed by atoms with Gasteiger partial charge in [-0.15, -0.1) is 0 Å². The summed E-state index contributed by atoms with van der Waals surface area (Å²) >= 11 is 1.29. The number of imidazole rings is 1. The molecule has 0 radical (unpaired) electrons. The summed E-state index contributed by atoms with van der Waals surface area (Å²) in [6.07, 6.45) is 3.27. The summed E-state index contributed by atoms with van der Waals surface area (Å²) in [6.45, 7) is 0. The fourth-order valence-corrected chi connectivity index (χ4v) is 2.46. The number of rotatable bonds is 3. The van der Waals surface area contributed by atoms with Crippen LogP contribution < -0.4 is 10.4 Å². The predicted molar refractivity (Wildman–Crippen MR) is 73.9 cm³/mol. The normalized spacial score (nSPS) is 10.5. The Morgan fingerprint density at radius 1 is 1.26 bits per heavy atom. The van der Waals surface area contributed by atoms with Crippen LogP contribution in [0, 0.1) is 11.3 Å². The minimum Gasteiger partial charge on any atom is -0.358 e. The van der Waals surface area contributed by atoms with Crippen molar-refractivity contribution in [3.8, 4) is 6.07 Å². The van der Waals surface area contributed by atoms with Crippen molar-refractivity contribution in [2.45, 2.75) is 5.03 Å². The van der Waals surface area contributed by atoms with Crippen molar-refractivity contribution in [3.63, 3.8) is 0 Å². The monoisotopic (exact) mass is 271 g/mol. The van der Waals surface area contributed by atoms with Crippen LogP contribution in [0.15, 0.2) is 40.4 Å². The van der Waals surface area contributed by atoms with E-state index in [1.54, 1.807) is 12.4 Å². The predicted octanol–water partition coefficient (Wildman–Crippen LogP) is 2.18. The highest BCUT2D eigenvalue weighted by Gasteiger charge is 2.07. The van der Waals surface area contributed by atoms with E-state index >= 15 is 0 Å². The number of nitriles is 1. The van der Waals surface area contributed by atoms with E-state index in [0.29, 0.717) is 10.6 Å². The number of nitrogens with one attached hydrogen (secondary N) is 4. The number of anilines is 1. The standard InChI is InChI=1S/C12H9N5OS/c13-4-7-5-14-11-8(7)2-1-3-9(11)17-19-10-6-15-12(18)16-10/h1-3,5-6,14,17H,(H2,15,16,18). The molecule has 19 heavy (non-hydrogen) atoms. The first-order valence-electron chi connectivity index (χ1n) is 5.48. The van der Waals surface area contributed by atoms with Gasteiger partial charge in [-0.1, -0.05) is 12.1 Å². The molecule has 2 heterocycles. The van der Waals surface area contributed by atoms with Gasteiger partial charge < -0.3 is 14.7 Å². The Morgan fingerprint density at radius 2 is 2.16 bits per heavy atom. The molecule has 0 bridgehead atoms. The van der Waals surface area contributed by atoms with Gasteiger partial charge in [0.1, 0.15) is 11.1 Å². The number of aromatic amines is 3. The summed E-state index contributed by atoms with van der Waals surface area (Å²) in [4.78, 5) is 19.2. The molecule has 4 N–H and O–H groups in total. The summed E-state index contributed by atoms with van der Waals surface area (Å²) in [7, 11) is 0. The van der Waals surface area contributed by atoms with Crippen LogP contribution in [-0.2, 0) is 0 Å². The summed E-state index contributed by atoms with van der Waals surface area (Å²) in [5, 5.41) is 10.5. The molecular weight excluding hydrogens is 262 g/mol. The third-order valence-corrected chi connectivity index (χ3v) is 3.44. The first-order chi connectivity index (χ1) is 9.28. The maximum Gasteiger partial charge on any atom is 0.323 e. The van der Waals surface area contributed by atoms with Crippen LogP contribution in [0.25, 0.3) is 10.9 Å². The summed E-state index contributed by atoms with van der Waals surface area (Å²) < 4.78 is 3.14. The first kappa shape index (κ1) is 11.5. The summed E-state index contributed by atoms with van der Waals surface area (Å²) in [6, 6.07) is 7.80. The Morgan fingerprint density at radius 3 is 2.89 bits per heavy atom. The van der Waals surface area contributed by atoms with Gasteiger partial charge in [0.2, 0.25) is 0 Å². The zero-order valence-electron chi connectivity index (χ0n) is 9.65. The number of hydrogen-bond donors (Lipinski definition) is 4. The lowest BCUT2D eigenvalue weighted by molar-refractivity contribution is 1.13. The Bertz CT molecular complexity index is 822. The molecule has 0 aliphatic rings. The van der Waals surface area contributed by atoms with Crippen LogP contribution in [0.2, 0.25) is 0 Å². The lowest BCUT2D eigenvalue weighted by Crippen LogP contribution is -2.00. The maximum absolute atomic E-state index is 11.0. The number of nitrogens with zero attached hydrogens (tertiary/aromatic N) is 1. The van der Waals surface area contributed by atoms with Crippen molar-refractivity contribution in [2.75, 3.05) is 4.72 Å². The van der Waals surface area contributed by atoms with E-state index in [4.69, 9.17) is 5.26 Å². The lowest BCUT2D eigenvalue weighted by Gasteiger charge is -2.04.